The predicted molar refractivity (Wildman–Crippen MR) is 299 cm³/mol. The van der Waals surface area contributed by atoms with Gasteiger partial charge in [0, 0.05) is 42.7 Å². The third-order valence-electron chi connectivity index (χ3n) is 15.7. The second-order valence-electron chi connectivity index (χ2n) is 23.4. The van der Waals surface area contributed by atoms with Crippen LogP contribution in [0.1, 0.15) is 142 Å². The lowest BCUT2D eigenvalue weighted by Crippen LogP contribution is -2.55. The maximum absolute atomic E-state index is 14.1. The monoisotopic (exact) mass is 1300 g/mol. The van der Waals surface area contributed by atoms with Gasteiger partial charge in [0.1, 0.15) is 10.1 Å². The molecule has 3 atom stereocenters. The van der Waals surface area contributed by atoms with Crippen molar-refractivity contribution in [3.05, 3.63) is 97.6 Å². The number of carbonyl (C=O) groups excluding carboxylic acids is 6. The number of unbranched alkanes of at least 4 members (excludes halogenated alkanes) is 2. The molecule has 8 bridgehead atoms. The molecule has 0 spiro atoms. The summed E-state index contributed by atoms with van der Waals surface area (Å²) in [4.78, 5) is 57.4. The van der Waals surface area contributed by atoms with Crippen LogP contribution in [0.15, 0.2) is 96.9 Å². The lowest BCUT2D eigenvalue weighted by atomic mass is 9.43. The number of aryl methyl sites for hydroxylation is 1. The second-order valence-corrected chi connectivity index (χ2v) is 27.8. The molecule has 0 radical (unpaired) electrons. The third-order valence-corrected chi connectivity index (χ3v) is 18.3. The maximum Gasteiger partial charge on any atom is 0.374 e. The fourth-order valence-corrected chi connectivity index (χ4v) is 14.8. The molecule has 3 unspecified atom stereocenters. The molecular weight excluding hydrogens is 1220 g/mol. The van der Waals surface area contributed by atoms with Crippen LogP contribution in [0.4, 0.5) is 25.3 Å². The number of hydrogen-bond donors (Lipinski definition) is 0. The highest BCUT2D eigenvalue weighted by molar-refractivity contribution is 7.87. The van der Waals surface area contributed by atoms with E-state index in [1.165, 1.54) is 18.4 Å². The molecule has 19 nitrogen and oxygen atoms in total. The number of carbonyl (C=O) groups is 2. The fraction of sp³-hybridized carbons (Fsp3) is 0.644. The average molecular weight is 1300 g/mol. The van der Waals surface area contributed by atoms with Crippen LogP contribution in [0.25, 0.3) is 0 Å². The van der Waals surface area contributed by atoms with Gasteiger partial charge in [0.15, 0.2) is 18.7 Å². The Morgan fingerprint density at radius 1 is 0.644 bits per heavy atom. The number of nitrogens with one attached hydrogen (secondary N) is 1. The summed E-state index contributed by atoms with van der Waals surface area (Å²) in [6.07, 6.45) is 15.8. The molecule has 8 aliphatic rings. The van der Waals surface area contributed by atoms with Gasteiger partial charge in [-0.1, -0.05) is 51.3 Å². The van der Waals surface area contributed by atoms with Crippen LogP contribution in [0, 0.1) is 52.8 Å². The summed E-state index contributed by atoms with van der Waals surface area (Å²) in [6.45, 7) is 19.3. The zero-order chi connectivity index (χ0) is 65.9. The molecule has 8 aliphatic carbocycles. The zero-order valence-corrected chi connectivity index (χ0v) is 51.9. The second kappa shape index (κ2) is 35.6. The molecule has 8 saturated carbocycles. The molecule has 1 heterocycles. The van der Waals surface area contributed by atoms with Crippen LogP contribution >= 0.6 is 0 Å². The van der Waals surface area contributed by atoms with Crippen LogP contribution < -0.4 is 4.98 Å². The first-order valence-electron chi connectivity index (χ1n) is 28.1. The van der Waals surface area contributed by atoms with E-state index in [9.17, 15) is 64.7 Å². The van der Waals surface area contributed by atoms with Gasteiger partial charge in [-0.15, -0.1) is 0 Å². The highest BCUT2D eigenvalue weighted by Gasteiger charge is 2.63. The maximum atomic E-state index is 14.1. The normalized spacial score (nSPS) is 24.7. The van der Waals surface area contributed by atoms with Gasteiger partial charge < -0.3 is 28.2 Å². The molecule has 2 aromatic rings. The number of hydrogen-bond acceptors (Lipinski definition) is 18. The molecular formula is C59H81F6NO18S3. The SMILES string of the molecule is C=C(C)C(=O)OCCCCOC(C)OCC12CC3CC(C1)CC(CC(F)(F)S(=O)(=O)F)(C3)C2.C=COCCCCOC(=O)C(=C)C.Cc1ccc(S(=O)(=O)[O-])cc1.O=C=O.O=C=O.O=S(=O)(F)C(F)(F)CC12CC3CC(CC(C3)C1)C2.c1cc[nH+]cc1. The molecule has 1 aromatic heterocycles. The van der Waals surface area contributed by atoms with E-state index in [0.29, 0.717) is 107 Å². The fourth-order valence-electron chi connectivity index (χ4n) is 13.4. The summed E-state index contributed by atoms with van der Waals surface area (Å²) in [5.74, 6) is 1.10. The molecule has 10 rings (SSSR count). The van der Waals surface area contributed by atoms with Gasteiger partial charge in [-0.2, -0.15) is 53.6 Å². The van der Waals surface area contributed by atoms with Crippen molar-refractivity contribution in [3.8, 4) is 0 Å². The van der Waals surface area contributed by atoms with Crippen molar-refractivity contribution in [2.45, 2.75) is 165 Å². The Bertz CT molecular complexity index is 2850. The van der Waals surface area contributed by atoms with Gasteiger partial charge in [0.05, 0.1) is 37.6 Å². The standard InChI is InChI=1S/C23H35F3O6S.C12H17F3O2S.C10H16O3.C7H8O3S.C5H5N.2CO2/c1-16(2)20(27)31-7-5-4-6-30-17(3)32-15-22-11-18-8-19(12-22)10-21(9-18,13-22)14-23(24,25)33(26,28)29;13-12(14,18(15,16)17)7-11-4-8-1-9(5-11)3-10(2-8)6-11;1-4-12-7-5-6-8-13-10(11)9(2)3;1-6-2-4-7(5-3-6)11(8,9)10;1-2-4-6-5-3-1;2*2-1-3/h17-19H,1,4-15H2,2-3H3;8-10H,1-7H2;4H,1-2,5-8H2,3H3;2-5H,1H3,(H,8,9,10);1-5H;;. The Balaban J connectivity index is 0.000000401. The van der Waals surface area contributed by atoms with Crippen molar-refractivity contribution >= 4 is 54.8 Å². The topological polar surface area (TPSA) is 288 Å². The number of benzene rings is 1. The quantitative estimate of drug-likeness (QED) is 0.0138. The minimum absolute atomic E-state index is 0.178. The van der Waals surface area contributed by atoms with Crippen molar-refractivity contribution in [3.63, 3.8) is 0 Å². The number of pyridine rings is 1. The lowest BCUT2D eigenvalue weighted by molar-refractivity contribution is -0.378. The summed E-state index contributed by atoms with van der Waals surface area (Å²) in [5.41, 5.74) is -0.0671. The number of H-pyrrole nitrogens is 1. The first-order valence-corrected chi connectivity index (χ1v) is 32.3. The molecule has 1 aromatic carbocycles. The van der Waals surface area contributed by atoms with Crippen LogP contribution in [-0.4, -0.2) is 104 Å². The van der Waals surface area contributed by atoms with Crippen molar-refractivity contribution < 1.29 is 113 Å². The lowest BCUT2D eigenvalue weighted by Gasteiger charge is -2.62. The van der Waals surface area contributed by atoms with E-state index in [-0.39, 0.29) is 47.0 Å². The van der Waals surface area contributed by atoms with Crippen LogP contribution in [-0.2, 0) is 83.0 Å². The first-order chi connectivity index (χ1) is 40.4. The van der Waals surface area contributed by atoms with Gasteiger partial charge in [-0.3, -0.25) is 0 Å². The Morgan fingerprint density at radius 2 is 1.02 bits per heavy atom. The van der Waals surface area contributed by atoms with Crippen LogP contribution in [0.5, 0.6) is 0 Å². The summed E-state index contributed by atoms with van der Waals surface area (Å²) < 4.78 is 182. The number of aromatic nitrogens is 1. The number of ether oxygens (including phenoxy) is 5. The van der Waals surface area contributed by atoms with Gasteiger partial charge >= 0.3 is 55.2 Å². The highest BCUT2D eigenvalue weighted by Crippen LogP contribution is 2.68. The number of esters is 2. The number of rotatable bonds is 24. The smallest absolute Gasteiger partial charge is 0.374 e. The number of halogens is 6. The predicted octanol–water partition coefficient (Wildman–Crippen LogP) is 10.9. The molecule has 0 amide bonds. The van der Waals surface area contributed by atoms with E-state index in [1.807, 2.05) is 37.5 Å². The van der Waals surface area contributed by atoms with Gasteiger partial charge in [-0.05, 0) is 188 Å². The van der Waals surface area contributed by atoms with Crippen molar-refractivity contribution in [1.82, 2.24) is 0 Å². The van der Waals surface area contributed by atoms with Crippen LogP contribution in [0.2, 0.25) is 0 Å². The minimum Gasteiger partial charge on any atom is -0.744 e. The van der Waals surface area contributed by atoms with E-state index >= 15 is 0 Å². The Morgan fingerprint density at radius 3 is 1.39 bits per heavy atom. The Kier molecular flexibility index (Phi) is 31.7. The Hall–Kier alpha value is -5.60. The number of aromatic amines is 1. The van der Waals surface area contributed by atoms with Crippen molar-refractivity contribution in [2.24, 2.45) is 45.8 Å². The molecule has 8 fully saturated rings. The molecule has 0 aliphatic heterocycles. The third kappa shape index (κ3) is 27.4. The summed E-state index contributed by atoms with van der Waals surface area (Å²) in [5, 5.41) is -8.56. The molecule has 0 saturated heterocycles. The summed E-state index contributed by atoms with van der Waals surface area (Å²) in [7, 11) is -16.0. The zero-order valence-electron chi connectivity index (χ0n) is 49.5. The average Bonchev–Trinajstić information content (AvgIpc) is 0.796. The molecule has 1 N–H and O–H groups in total. The number of alkyl halides is 4. The summed E-state index contributed by atoms with van der Waals surface area (Å²) >= 11 is 0. The van der Waals surface area contributed by atoms with Gasteiger partial charge in [-0.25, -0.2) is 23.0 Å². The molecule has 87 heavy (non-hydrogen) atoms. The van der Waals surface area contributed by atoms with Crippen molar-refractivity contribution in [2.75, 3.05) is 33.0 Å². The van der Waals surface area contributed by atoms with Crippen LogP contribution in [0.3, 0.4) is 0 Å². The highest BCUT2D eigenvalue weighted by atomic mass is 32.3. The minimum atomic E-state index is -5.93. The molecule has 28 heteroatoms. The van der Waals surface area contributed by atoms with Gasteiger partial charge in [0.25, 0.3) is 0 Å². The van der Waals surface area contributed by atoms with E-state index in [1.54, 1.807) is 32.9 Å². The summed E-state index contributed by atoms with van der Waals surface area (Å²) in [6, 6.07) is 11.6. The van der Waals surface area contributed by atoms with E-state index in [2.05, 4.69) is 24.7 Å². The largest absolute Gasteiger partial charge is 0.744 e. The first kappa shape index (κ1) is 77.5. The molecule has 490 valence electrons. The van der Waals surface area contributed by atoms with E-state index in [4.69, 9.17) is 42.9 Å². The van der Waals surface area contributed by atoms with Gasteiger partial charge in [0.2, 0.25) is 0 Å². The van der Waals surface area contributed by atoms with E-state index < -0.39 is 77.0 Å². The van der Waals surface area contributed by atoms with E-state index in [0.717, 1.165) is 56.9 Å². The Labute approximate surface area is 506 Å². The van der Waals surface area contributed by atoms with Crippen molar-refractivity contribution in [1.29, 1.82) is 0 Å².